The van der Waals surface area contributed by atoms with Gasteiger partial charge < -0.3 is 0 Å². The Kier molecular flexibility index (Phi) is 8.23. The molecule has 27 heavy (non-hydrogen) atoms. The van der Waals surface area contributed by atoms with Crippen molar-refractivity contribution < 1.29 is 0 Å². The van der Waals surface area contributed by atoms with Crippen LogP contribution >= 0.6 is 11.6 Å². The first-order chi connectivity index (χ1) is 13.2. The number of nitrogens with zero attached hydrogens (tertiary/aromatic N) is 1. The summed E-state index contributed by atoms with van der Waals surface area (Å²) in [4.78, 5) is 2.59. The number of halogens is 1. The van der Waals surface area contributed by atoms with Crippen molar-refractivity contribution in [2.75, 3.05) is 13.1 Å². The lowest BCUT2D eigenvalue weighted by molar-refractivity contribution is 0.262. The molecule has 0 aromatic heterocycles. The van der Waals surface area contributed by atoms with Crippen LogP contribution in [0.4, 0.5) is 0 Å². The summed E-state index contributed by atoms with van der Waals surface area (Å²) in [7, 11) is 0. The first-order valence-corrected chi connectivity index (χ1v) is 11.2. The van der Waals surface area contributed by atoms with Gasteiger partial charge in [0.15, 0.2) is 0 Å². The monoisotopic (exact) mass is 383 g/mol. The van der Waals surface area contributed by atoms with Gasteiger partial charge in [0.1, 0.15) is 0 Å². The summed E-state index contributed by atoms with van der Waals surface area (Å²) in [5.41, 5.74) is 4.40. The second-order valence-electron chi connectivity index (χ2n) is 8.06. The molecule has 1 saturated carbocycles. The van der Waals surface area contributed by atoms with Crippen molar-refractivity contribution in [1.29, 1.82) is 0 Å². The molecule has 0 bridgehead atoms. The lowest BCUT2D eigenvalue weighted by Gasteiger charge is -2.25. The molecule has 0 radical (unpaired) electrons. The molecule has 0 atom stereocenters. The molecule has 146 valence electrons. The van der Waals surface area contributed by atoms with E-state index in [1.807, 2.05) is 0 Å². The Morgan fingerprint density at radius 2 is 1.56 bits per heavy atom. The summed E-state index contributed by atoms with van der Waals surface area (Å²) in [5.74, 6) is 0.722. The maximum Gasteiger partial charge on any atom is 0.0336 e. The summed E-state index contributed by atoms with van der Waals surface area (Å²) < 4.78 is 0. The van der Waals surface area contributed by atoms with E-state index in [1.165, 1.54) is 74.7 Å². The molecule has 0 saturated heterocycles. The summed E-state index contributed by atoms with van der Waals surface area (Å²) >= 11 is 6.25. The normalized spacial score (nSPS) is 20.1. The van der Waals surface area contributed by atoms with Crippen molar-refractivity contribution >= 4 is 11.6 Å². The highest BCUT2D eigenvalue weighted by atomic mass is 35.5. The fourth-order valence-electron chi connectivity index (χ4n) is 4.28. The van der Waals surface area contributed by atoms with Gasteiger partial charge in [-0.25, -0.2) is 0 Å². The van der Waals surface area contributed by atoms with Gasteiger partial charge in [0.05, 0.1) is 0 Å². The first kappa shape index (κ1) is 20.4. The van der Waals surface area contributed by atoms with Crippen molar-refractivity contribution in [2.45, 2.75) is 69.7 Å². The lowest BCUT2D eigenvalue weighted by Crippen LogP contribution is -2.25. The number of rotatable bonds is 9. The molecule has 0 heterocycles. The Labute approximate surface area is 170 Å². The minimum atomic E-state index is 0.405. The van der Waals surface area contributed by atoms with E-state index in [0.717, 1.165) is 12.5 Å². The van der Waals surface area contributed by atoms with E-state index >= 15 is 0 Å². The van der Waals surface area contributed by atoms with Crippen molar-refractivity contribution in [1.82, 2.24) is 4.90 Å². The second kappa shape index (κ2) is 10.9. The van der Waals surface area contributed by atoms with Gasteiger partial charge in [-0.15, -0.1) is 11.6 Å². The van der Waals surface area contributed by atoms with Crippen LogP contribution in [0.15, 0.2) is 54.6 Å². The van der Waals surface area contributed by atoms with Gasteiger partial charge in [-0.1, -0.05) is 61.5 Å². The Bertz CT molecular complexity index is 644. The molecule has 1 aliphatic rings. The molecular weight excluding hydrogens is 350 g/mol. The molecule has 0 unspecified atom stereocenters. The molecular formula is C25H34ClN. The van der Waals surface area contributed by atoms with Gasteiger partial charge in [-0.2, -0.15) is 0 Å². The molecule has 3 rings (SSSR count). The zero-order valence-corrected chi connectivity index (χ0v) is 17.5. The van der Waals surface area contributed by atoms with Gasteiger partial charge >= 0.3 is 0 Å². The zero-order chi connectivity index (χ0) is 18.9. The van der Waals surface area contributed by atoms with Crippen LogP contribution in [-0.4, -0.2) is 23.4 Å². The molecule has 2 aromatic carbocycles. The largest absolute Gasteiger partial charge is 0.299 e. The quantitative estimate of drug-likeness (QED) is 0.430. The minimum absolute atomic E-state index is 0.405. The van der Waals surface area contributed by atoms with E-state index in [9.17, 15) is 0 Å². The van der Waals surface area contributed by atoms with Crippen LogP contribution in [0, 0.1) is 0 Å². The van der Waals surface area contributed by atoms with Crippen LogP contribution in [0.5, 0.6) is 0 Å². The van der Waals surface area contributed by atoms with Crippen molar-refractivity contribution in [3.8, 4) is 0 Å². The number of alkyl halides is 1. The van der Waals surface area contributed by atoms with Gasteiger partial charge in [0.2, 0.25) is 0 Å². The molecule has 0 N–H and O–H groups in total. The highest BCUT2D eigenvalue weighted by Gasteiger charge is 2.20. The van der Waals surface area contributed by atoms with E-state index in [4.69, 9.17) is 11.6 Å². The van der Waals surface area contributed by atoms with Gasteiger partial charge in [-0.3, -0.25) is 4.90 Å². The fraction of sp³-hybridized carbons (Fsp3) is 0.520. The third-order valence-electron chi connectivity index (χ3n) is 5.84. The topological polar surface area (TPSA) is 3.24 Å². The van der Waals surface area contributed by atoms with Crippen LogP contribution < -0.4 is 0 Å². The molecule has 0 spiro atoms. The fourth-order valence-corrected chi connectivity index (χ4v) is 4.53. The molecule has 2 aromatic rings. The van der Waals surface area contributed by atoms with Crippen LogP contribution in [0.2, 0.25) is 0 Å². The highest BCUT2D eigenvalue weighted by molar-refractivity contribution is 6.20. The predicted molar refractivity (Wildman–Crippen MR) is 118 cm³/mol. The standard InChI is InChI=1S/C25H34ClN/c1-2-18-27(20-22-7-4-3-5-8-22)19-6-9-21-10-12-23(13-11-21)24-14-16-25(26)17-15-24/h3-5,7-8,10-13,24-25H,2,6,9,14-20H2,1H3. The van der Waals surface area contributed by atoms with E-state index in [1.54, 1.807) is 0 Å². The molecule has 1 nitrogen and oxygen atoms in total. The average Bonchev–Trinajstić information content (AvgIpc) is 2.70. The van der Waals surface area contributed by atoms with Crippen LogP contribution in [0.3, 0.4) is 0 Å². The number of hydrogen-bond donors (Lipinski definition) is 0. The number of benzene rings is 2. The van der Waals surface area contributed by atoms with Gasteiger partial charge in [0, 0.05) is 11.9 Å². The average molecular weight is 384 g/mol. The van der Waals surface area contributed by atoms with Gasteiger partial charge in [-0.05, 0) is 80.6 Å². The Morgan fingerprint density at radius 1 is 0.852 bits per heavy atom. The lowest BCUT2D eigenvalue weighted by atomic mass is 9.83. The van der Waals surface area contributed by atoms with E-state index in [-0.39, 0.29) is 0 Å². The zero-order valence-electron chi connectivity index (χ0n) is 16.7. The smallest absolute Gasteiger partial charge is 0.0336 e. The Morgan fingerprint density at radius 3 is 2.22 bits per heavy atom. The molecule has 2 heteroatoms. The third kappa shape index (κ3) is 6.66. The second-order valence-corrected chi connectivity index (χ2v) is 8.67. The molecule has 1 aliphatic carbocycles. The van der Waals surface area contributed by atoms with Crippen LogP contribution in [0.25, 0.3) is 0 Å². The molecule has 1 fully saturated rings. The van der Waals surface area contributed by atoms with E-state index in [2.05, 4.69) is 66.4 Å². The Balaban J connectivity index is 1.45. The van der Waals surface area contributed by atoms with Gasteiger partial charge in [0.25, 0.3) is 0 Å². The Hall–Kier alpha value is -1.31. The maximum absolute atomic E-state index is 6.25. The maximum atomic E-state index is 6.25. The highest BCUT2D eigenvalue weighted by Crippen LogP contribution is 2.34. The predicted octanol–water partition coefficient (Wildman–Crippen LogP) is 6.80. The van der Waals surface area contributed by atoms with E-state index < -0.39 is 0 Å². The molecule has 0 amide bonds. The molecule has 0 aliphatic heterocycles. The summed E-state index contributed by atoms with van der Waals surface area (Å²) in [6.07, 6.45) is 8.45. The van der Waals surface area contributed by atoms with Crippen LogP contribution in [-0.2, 0) is 13.0 Å². The minimum Gasteiger partial charge on any atom is -0.299 e. The van der Waals surface area contributed by atoms with Crippen molar-refractivity contribution in [3.05, 3.63) is 71.3 Å². The summed E-state index contributed by atoms with van der Waals surface area (Å²) in [6.45, 7) is 5.69. The van der Waals surface area contributed by atoms with Crippen molar-refractivity contribution in [3.63, 3.8) is 0 Å². The number of aryl methyl sites for hydroxylation is 1. The summed E-state index contributed by atoms with van der Waals surface area (Å²) in [6, 6.07) is 20.3. The van der Waals surface area contributed by atoms with Crippen molar-refractivity contribution in [2.24, 2.45) is 0 Å². The number of hydrogen-bond acceptors (Lipinski definition) is 1. The van der Waals surface area contributed by atoms with Crippen LogP contribution in [0.1, 0.15) is 68.1 Å². The van der Waals surface area contributed by atoms with E-state index in [0.29, 0.717) is 5.38 Å². The third-order valence-corrected chi connectivity index (χ3v) is 6.27. The summed E-state index contributed by atoms with van der Waals surface area (Å²) in [5, 5.41) is 0.405. The first-order valence-electron chi connectivity index (χ1n) is 10.7. The SMILES string of the molecule is CCCN(CCCc1ccc(C2CCC(Cl)CC2)cc1)Cc1ccccc1.